The van der Waals surface area contributed by atoms with Crippen LogP contribution in [-0.2, 0) is 16.1 Å². The van der Waals surface area contributed by atoms with Crippen molar-refractivity contribution in [2.45, 2.75) is 51.7 Å². The molecule has 2 aliphatic carbocycles. The molecule has 1 saturated heterocycles. The first-order valence-electron chi connectivity index (χ1n) is 10.7. The summed E-state index contributed by atoms with van der Waals surface area (Å²) in [5.41, 5.74) is 2.73. The predicted molar refractivity (Wildman–Crippen MR) is 112 cm³/mol. The molecule has 5 heteroatoms. The molecule has 0 bridgehead atoms. The predicted octanol–water partition coefficient (Wildman–Crippen LogP) is 4.11. The standard InChI is InChI=1S/C24H33NO4/c1-15-6-5-9-24(2)12-22-17(11-19(15)24)18(23(26)29-22)14-25-13-16-7-8-20(27-3)21(10-16)28-4/h7-8,10,17-19,22,25H,1,5-6,9,11-14H2,2-4H3/t17-,18-,19-,22-,24-/m1/s1. The van der Waals surface area contributed by atoms with Crippen LogP contribution in [0.1, 0.15) is 44.6 Å². The molecule has 4 rings (SSSR count). The lowest BCUT2D eigenvalue weighted by atomic mass is 9.55. The number of allylic oxidation sites excluding steroid dienone is 1. The van der Waals surface area contributed by atoms with Crippen molar-refractivity contribution in [3.63, 3.8) is 0 Å². The van der Waals surface area contributed by atoms with Crippen molar-refractivity contribution in [1.29, 1.82) is 0 Å². The molecule has 29 heavy (non-hydrogen) atoms. The molecule has 0 radical (unpaired) electrons. The van der Waals surface area contributed by atoms with Crippen LogP contribution in [0.15, 0.2) is 30.4 Å². The minimum absolute atomic E-state index is 0.0346. The molecule has 0 spiro atoms. The third-order valence-electron chi connectivity index (χ3n) is 7.46. The van der Waals surface area contributed by atoms with Crippen molar-refractivity contribution in [3.05, 3.63) is 35.9 Å². The maximum Gasteiger partial charge on any atom is 0.310 e. The average Bonchev–Trinajstić information content (AvgIpc) is 3.00. The Balaban J connectivity index is 1.39. The lowest BCUT2D eigenvalue weighted by Gasteiger charge is -2.50. The van der Waals surface area contributed by atoms with Crippen LogP contribution in [0.4, 0.5) is 0 Å². The fraction of sp³-hybridized carbons (Fsp3) is 0.625. The Hall–Kier alpha value is -2.01. The Morgan fingerprint density at radius 3 is 2.83 bits per heavy atom. The summed E-state index contributed by atoms with van der Waals surface area (Å²) in [6.45, 7) is 8.06. The van der Waals surface area contributed by atoms with Gasteiger partial charge < -0.3 is 19.5 Å². The highest BCUT2D eigenvalue weighted by molar-refractivity contribution is 5.75. The first-order chi connectivity index (χ1) is 13.9. The number of carbonyl (C=O) groups excluding carboxylic acids is 1. The quantitative estimate of drug-likeness (QED) is 0.576. The van der Waals surface area contributed by atoms with Crippen molar-refractivity contribution in [2.24, 2.45) is 23.2 Å². The molecule has 1 aliphatic heterocycles. The third kappa shape index (κ3) is 3.77. The molecule has 1 heterocycles. The van der Waals surface area contributed by atoms with E-state index in [2.05, 4.69) is 18.8 Å². The van der Waals surface area contributed by atoms with Gasteiger partial charge in [0.15, 0.2) is 11.5 Å². The van der Waals surface area contributed by atoms with E-state index in [4.69, 9.17) is 14.2 Å². The summed E-state index contributed by atoms with van der Waals surface area (Å²) in [6, 6.07) is 5.90. The molecular weight excluding hydrogens is 366 g/mol. The molecule has 0 amide bonds. The van der Waals surface area contributed by atoms with Gasteiger partial charge in [0.1, 0.15) is 6.10 Å². The van der Waals surface area contributed by atoms with E-state index < -0.39 is 0 Å². The van der Waals surface area contributed by atoms with E-state index in [1.807, 2.05) is 18.2 Å². The number of hydrogen-bond donors (Lipinski definition) is 1. The van der Waals surface area contributed by atoms with Crippen LogP contribution in [0.3, 0.4) is 0 Å². The van der Waals surface area contributed by atoms with E-state index in [1.165, 1.54) is 18.4 Å². The Kier molecular flexibility index (Phi) is 5.60. The van der Waals surface area contributed by atoms with E-state index >= 15 is 0 Å². The molecule has 3 fully saturated rings. The number of esters is 1. The summed E-state index contributed by atoms with van der Waals surface area (Å²) < 4.78 is 16.5. The van der Waals surface area contributed by atoms with Gasteiger partial charge in [-0.2, -0.15) is 0 Å². The Labute approximate surface area is 173 Å². The summed E-state index contributed by atoms with van der Waals surface area (Å²) >= 11 is 0. The van der Waals surface area contributed by atoms with Crippen LogP contribution in [0.2, 0.25) is 0 Å². The van der Waals surface area contributed by atoms with Gasteiger partial charge in [0.05, 0.1) is 20.1 Å². The highest BCUT2D eigenvalue weighted by Gasteiger charge is 2.54. The number of benzene rings is 1. The van der Waals surface area contributed by atoms with Gasteiger partial charge in [0.2, 0.25) is 0 Å². The highest BCUT2D eigenvalue weighted by atomic mass is 16.6. The first kappa shape index (κ1) is 20.3. The molecule has 5 nitrogen and oxygen atoms in total. The molecule has 158 valence electrons. The number of methoxy groups -OCH3 is 2. The number of fused-ring (bicyclic) bond motifs is 2. The Morgan fingerprint density at radius 1 is 1.28 bits per heavy atom. The van der Waals surface area contributed by atoms with E-state index in [-0.39, 0.29) is 23.4 Å². The number of rotatable bonds is 6. The van der Waals surface area contributed by atoms with Gasteiger partial charge in [0.25, 0.3) is 0 Å². The zero-order chi connectivity index (χ0) is 20.6. The van der Waals surface area contributed by atoms with E-state index in [9.17, 15) is 4.79 Å². The maximum absolute atomic E-state index is 12.6. The molecule has 1 aromatic rings. The number of nitrogens with one attached hydrogen (secondary N) is 1. The van der Waals surface area contributed by atoms with Gasteiger partial charge in [-0.15, -0.1) is 0 Å². The summed E-state index contributed by atoms with van der Waals surface area (Å²) in [5, 5.41) is 3.47. The summed E-state index contributed by atoms with van der Waals surface area (Å²) in [7, 11) is 3.27. The molecule has 0 aromatic heterocycles. The zero-order valence-corrected chi connectivity index (χ0v) is 17.8. The summed E-state index contributed by atoms with van der Waals surface area (Å²) in [4.78, 5) is 12.6. The summed E-state index contributed by atoms with van der Waals surface area (Å²) in [5.74, 6) is 2.16. The third-order valence-corrected chi connectivity index (χ3v) is 7.46. The lowest BCUT2D eigenvalue weighted by Crippen LogP contribution is -2.45. The molecule has 2 saturated carbocycles. The van der Waals surface area contributed by atoms with Crippen LogP contribution in [0.25, 0.3) is 0 Å². The fourth-order valence-corrected chi connectivity index (χ4v) is 5.85. The Morgan fingerprint density at radius 2 is 2.07 bits per heavy atom. The van der Waals surface area contributed by atoms with Crippen molar-refractivity contribution >= 4 is 5.97 Å². The summed E-state index contributed by atoms with van der Waals surface area (Å²) in [6.07, 6.45) is 5.66. The smallest absolute Gasteiger partial charge is 0.310 e. The van der Waals surface area contributed by atoms with Crippen LogP contribution < -0.4 is 14.8 Å². The second-order valence-corrected chi connectivity index (χ2v) is 9.22. The van der Waals surface area contributed by atoms with E-state index in [1.54, 1.807) is 14.2 Å². The molecule has 5 atom stereocenters. The van der Waals surface area contributed by atoms with Crippen molar-refractivity contribution in [1.82, 2.24) is 5.32 Å². The van der Waals surface area contributed by atoms with Gasteiger partial charge in [-0.3, -0.25) is 4.79 Å². The van der Waals surface area contributed by atoms with Crippen molar-refractivity contribution in [2.75, 3.05) is 20.8 Å². The fourth-order valence-electron chi connectivity index (χ4n) is 5.85. The highest BCUT2D eigenvalue weighted by Crippen LogP contribution is 2.56. The number of carbonyl (C=O) groups is 1. The molecule has 1 N–H and O–H groups in total. The van der Waals surface area contributed by atoms with Crippen LogP contribution in [-0.4, -0.2) is 32.8 Å². The van der Waals surface area contributed by atoms with Crippen LogP contribution in [0.5, 0.6) is 11.5 Å². The van der Waals surface area contributed by atoms with Crippen LogP contribution >= 0.6 is 0 Å². The topological polar surface area (TPSA) is 56.8 Å². The average molecular weight is 400 g/mol. The first-order valence-corrected chi connectivity index (χ1v) is 10.7. The van der Waals surface area contributed by atoms with Gasteiger partial charge in [-0.25, -0.2) is 0 Å². The minimum Gasteiger partial charge on any atom is -0.493 e. The normalized spacial score (nSPS) is 33.6. The van der Waals surface area contributed by atoms with Gasteiger partial charge >= 0.3 is 5.97 Å². The second-order valence-electron chi connectivity index (χ2n) is 9.22. The number of ether oxygens (including phenoxy) is 3. The molecule has 1 aromatic carbocycles. The van der Waals surface area contributed by atoms with E-state index in [0.29, 0.717) is 24.9 Å². The van der Waals surface area contributed by atoms with Crippen molar-refractivity contribution in [3.8, 4) is 11.5 Å². The van der Waals surface area contributed by atoms with E-state index in [0.717, 1.165) is 36.3 Å². The van der Waals surface area contributed by atoms with Gasteiger partial charge in [-0.1, -0.05) is 25.1 Å². The molecule has 3 aliphatic rings. The largest absolute Gasteiger partial charge is 0.493 e. The lowest BCUT2D eigenvalue weighted by molar-refractivity contribution is -0.146. The molecular formula is C24H33NO4. The Bertz CT molecular complexity index is 791. The second kappa shape index (κ2) is 8.02. The number of hydrogen-bond acceptors (Lipinski definition) is 5. The monoisotopic (exact) mass is 399 g/mol. The minimum atomic E-state index is -0.0700. The van der Waals surface area contributed by atoms with Gasteiger partial charge in [-0.05, 0) is 61.1 Å². The van der Waals surface area contributed by atoms with Gasteiger partial charge in [0, 0.05) is 19.0 Å². The van der Waals surface area contributed by atoms with Crippen LogP contribution in [0, 0.1) is 23.2 Å². The zero-order valence-electron chi connectivity index (χ0n) is 17.8. The maximum atomic E-state index is 12.6. The molecule has 0 unspecified atom stereocenters. The van der Waals surface area contributed by atoms with Crippen molar-refractivity contribution < 1.29 is 19.0 Å². The SMILES string of the molecule is C=C1CCC[C@]2(C)C[C@H]3OC(=O)[C@H](CNCc4ccc(OC)c(OC)c4)[C@H]3C[C@H]12.